The summed E-state index contributed by atoms with van der Waals surface area (Å²) in [6, 6.07) is 7.27. The van der Waals surface area contributed by atoms with E-state index in [4.69, 9.17) is 5.26 Å². The molecule has 0 aliphatic carbocycles. The molecule has 1 aromatic rings. The van der Waals surface area contributed by atoms with Crippen LogP contribution in [0.15, 0.2) is 29.8 Å². The highest BCUT2D eigenvalue weighted by molar-refractivity contribution is 5.97. The highest BCUT2D eigenvalue weighted by atomic mass is 19.1. The minimum atomic E-state index is -0.734. The first-order chi connectivity index (χ1) is 7.17. The van der Waals surface area contributed by atoms with Crippen molar-refractivity contribution in [3.63, 3.8) is 0 Å². The van der Waals surface area contributed by atoms with Crippen LogP contribution in [0, 0.1) is 17.1 Å². The molecule has 4 heteroatoms. The highest BCUT2D eigenvalue weighted by Gasteiger charge is 2.08. The van der Waals surface area contributed by atoms with Crippen molar-refractivity contribution in [2.24, 2.45) is 0 Å². The lowest BCUT2D eigenvalue weighted by Gasteiger charge is -1.97. The number of nitrogens with zero attached hydrogens (tertiary/aromatic N) is 1. The standard InChI is InChI=1S/C11H8FNO2/c1-15-11(14)9(7-13)5-8-3-2-4-10(12)6-8/h2-6H,1H3. The quantitative estimate of drug-likeness (QED) is 0.421. The zero-order valence-electron chi connectivity index (χ0n) is 8.03. The number of halogens is 1. The summed E-state index contributed by atoms with van der Waals surface area (Å²) >= 11 is 0. The first-order valence-corrected chi connectivity index (χ1v) is 4.13. The summed E-state index contributed by atoms with van der Waals surface area (Å²) in [6.45, 7) is 0. The number of nitriles is 1. The number of hydrogen-bond donors (Lipinski definition) is 0. The van der Waals surface area contributed by atoms with Crippen molar-refractivity contribution in [1.82, 2.24) is 0 Å². The van der Waals surface area contributed by atoms with Crippen LogP contribution < -0.4 is 0 Å². The Labute approximate surface area is 86.4 Å². The van der Waals surface area contributed by atoms with Crippen LogP contribution in [0.5, 0.6) is 0 Å². The molecule has 0 N–H and O–H groups in total. The second kappa shape index (κ2) is 4.91. The van der Waals surface area contributed by atoms with Gasteiger partial charge in [0.05, 0.1) is 7.11 Å². The Kier molecular flexibility index (Phi) is 3.58. The molecular weight excluding hydrogens is 197 g/mol. The molecule has 0 amide bonds. The Morgan fingerprint density at radius 1 is 1.60 bits per heavy atom. The molecule has 0 heterocycles. The predicted octanol–water partition coefficient (Wildman–Crippen LogP) is 1.91. The molecule has 0 atom stereocenters. The lowest BCUT2D eigenvalue weighted by molar-refractivity contribution is -0.135. The summed E-state index contributed by atoms with van der Waals surface area (Å²) in [5.41, 5.74) is 0.278. The molecule has 0 radical (unpaired) electrons. The molecule has 15 heavy (non-hydrogen) atoms. The van der Waals surface area contributed by atoms with Crippen molar-refractivity contribution in [2.75, 3.05) is 7.11 Å². The molecule has 0 saturated heterocycles. The maximum atomic E-state index is 12.8. The SMILES string of the molecule is COC(=O)C(C#N)=Cc1cccc(F)c1. The molecule has 0 aromatic heterocycles. The Hall–Kier alpha value is -2.15. The molecule has 0 fully saturated rings. The first-order valence-electron chi connectivity index (χ1n) is 4.13. The molecule has 0 saturated carbocycles. The largest absolute Gasteiger partial charge is 0.465 e. The number of esters is 1. The van der Waals surface area contributed by atoms with E-state index in [0.717, 1.165) is 0 Å². The Morgan fingerprint density at radius 3 is 2.87 bits per heavy atom. The van der Waals surface area contributed by atoms with Gasteiger partial charge >= 0.3 is 5.97 Å². The van der Waals surface area contributed by atoms with E-state index in [0.29, 0.717) is 5.56 Å². The third-order valence-corrected chi connectivity index (χ3v) is 1.69. The van der Waals surface area contributed by atoms with E-state index in [-0.39, 0.29) is 5.57 Å². The van der Waals surface area contributed by atoms with Gasteiger partial charge in [-0.25, -0.2) is 9.18 Å². The van der Waals surface area contributed by atoms with E-state index >= 15 is 0 Å². The molecule has 0 aliphatic rings. The summed E-state index contributed by atoms with van der Waals surface area (Å²) in [7, 11) is 1.18. The van der Waals surface area contributed by atoms with E-state index < -0.39 is 11.8 Å². The van der Waals surface area contributed by atoms with Gasteiger partial charge in [0.15, 0.2) is 0 Å². The smallest absolute Gasteiger partial charge is 0.348 e. The van der Waals surface area contributed by atoms with Gasteiger partial charge in [-0.15, -0.1) is 0 Å². The van der Waals surface area contributed by atoms with Crippen molar-refractivity contribution < 1.29 is 13.9 Å². The lowest BCUT2D eigenvalue weighted by atomic mass is 10.1. The van der Waals surface area contributed by atoms with Crippen LogP contribution in [0.1, 0.15) is 5.56 Å². The van der Waals surface area contributed by atoms with Crippen LogP contribution in [0.2, 0.25) is 0 Å². The Balaban J connectivity index is 3.05. The molecule has 3 nitrogen and oxygen atoms in total. The summed E-state index contributed by atoms with van der Waals surface area (Å²) in [4.78, 5) is 11.0. The number of rotatable bonds is 2. The third-order valence-electron chi connectivity index (χ3n) is 1.69. The molecule has 0 bridgehead atoms. The Morgan fingerprint density at radius 2 is 2.33 bits per heavy atom. The number of ether oxygens (including phenoxy) is 1. The number of hydrogen-bond acceptors (Lipinski definition) is 3. The topological polar surface area (TPSA) is 50.1 Å². The minimum absolute atomic E-state index is 0.164. The molecule has 1 rings (SSSR count). The van der Waals surface area contributed by atoms with E-state index in [1.165, 1.54) is 31.4 Å². The molecule has 76 valence electrons. The lowest BCUT2D eigenvalue weighted by Crippen LogP contribution is -2.02. The predicted molar refractivity (Wildman–Crippen MR) is 52.0 cm³/mol. The van der Waals surface area contributed by atoms with Gasteiger partial charge in [-0.3, -0.25) is 0 Å². The van der Waals surface area contributed by atoms with E-state index in [1.54, 1.807) is 12.1 Å². The van der Waals surface area contributed by atoms with Crippen LogP contribution in [0.3, 0.4) is 0 Å². The monoisotopic (exact) mass is 205 g/mol. The first kappa shape index (κ1) is 10.9. The van der Waals surface area contributed by atoms with Crippen molar-refractivity contribution in [3.8, 4) is 6.07 Å². The maximum Gasteiger partial charge on any atom is 0.348 e. The molecular formula is C11H8FNO2. The van der Waals surface area contributed by atoms with Gasteiger partial charge in [0.2, 0.25) is 0 Å². The zero-order chi connectivity index (χ0) is 11.3. The van der Waals surface area contributed by atoms with Gasteiger partial charge in [-0.1, -0.05) is 12.1 Å². The van der Waals surface area contributed by atoms with Gasteiger partial charge in [-0.2, -0.15) is 5.26 Å². The molecule has 1 aromatic carbocycles. The van der Waals surface area contributed by atoms with Crippen molar-refractivity contribution in [2.45, 2.75) is 0 Å². The third kappa shape index (κ3) is 2.92. The summed E-state index contributed by atoms with van der Waals surface area (Å²) in [5.74, 6) is -1.16. The van der Waals surface area contributed by atoms with Gasteiger partial charge in [0, 0.05) is 0 Å². The van der Waals surface area contributed by atoms with Crippen LogP contribution in [0.25, 0.3) is 6.08 Å². The van der Waals surface area contributed by atoms with Crippen LogP contribution in [-0.2, 0) is 9.53 Å². The van der Waals surface area contributed by atoms with Crippen molar-refractivity contribution in [3.05, 3.63) is 41.2 Å². The fraction of sp³-hybridized carbons (Fsp3) is 0.0909. The second-order valence-electron chi connectivity index (χ2n) is 2.72. The summed E-state index contributed by atoms with van der Waals surface area (Å²) in [5, 5.41) is 8.65. The summed E-state index contributed by atoms with van der Waals surface area (Å²) in [6.07, 6.45) is 1.27. The Bertz CT molecular complexity index is 446. The minimum Gasteiger partial charge on any atom is -0.465 e. The van der Waals surface area contributed by atoms with E-state index in [9.17, 15) is 9.18 Å². The number of carbonyl (C=O) groups excluding carboxylic acids is 1. The number of benzene rings is 1. The highest BCUT2D eigenvalue weighted by Crippen LogP contribution is 2.09. The van der Waals surface area contributed by atoms with Crippen molar-refractivity contribution >= 4 is 12.0 Å². The van der Waals surface area contributed by atoms with E-state index in [1.807, 2.05) is 0 Å². The fourth-order valence-electron chi connectivity index (χ4n) is 1.01. The average Bonchev–Trinajstić information content (AvgIpc) is 2.25. The van der Waals surface area contributed by atoms with E-state index in [2.05, 4.69) is 4.74 Å². The van der Waals surface area contributed by atoms with Crippen LogP contribution in [-0.4, -0.2) is 13.1 Å². The van der Waals surface area contributed by atoms with Gasteiger partial charge in [0.25, 0.3) is 0 Å². The fourth-order valence-corrected chi connectivity index (χ4v) is 1.01. The molecule has 0 aliphatic heterocycles. The average molecular weight is 205 g/mol. The molecule has 0 spiro atoms. The van der Waals surface area contributed by atoms with Crippen molar-refractivity contribution in [1.29, 1.82) is 5.26 Å². The summed E-state index contributed by atoms with van der Waals surface area (Å²) < 4.78 is 17.2. The normalized spacial score (nSPS) is 10.6. The van der Waals surface area contributed by atoms with Gasteiger partial charge in [-0.05, 0) is 23.8 Å². The van der Waals surface area contributed by atoms with Crippen LogP contribution in [0.4, 0.5) is 4.39 Å². The number of carbonyl (C=O) groups is 1. The number of methoxy groups -OCH3 is 1. The van der Waals surface area contributed by atoms with Gasteiger partial charge < -0.3 is 4.74 Å². The second-order valence-corrected chi connectivity index (χ2v) is 2.72. The maximum absolute atomic E-state index is 12.8. The zero-order valence-corrected chi connectivity index (χ0v) is 8.03. The molecule has 0 unspecified atom stereocenters. The van der Waals surface area contributed by atoms with Crippen LogP contribution >= 0.6 is 0 Å². The van der Waals surface area contributed by atoms with Gasteiger partial charge in [0.1, 0.15) is 17.5 Å².